The van der Waals surface area contributed by atoms with Crippen molar-refractivity contribution < 1.29 is 0 Å². The molecule has 78 valence electrons. The fourth-order valence-electron chi connectivity index (χ4n) is 1.36. The Morgan fingerprint density at radius 1 is 1.14 bits per heavy atom. The molecule has 0 amide bonds. The van der Waals surface area contributed by atoms with E-state index in [0.29, 0.717) is 0 Å². The van der Waals surface area contributed by atoms with Crippen molar-refractivity contribution in [3.8, 4) is 0 Å². The van der Waals surface area contributed by atoms with Gasteiger partial charge in [0.05, 0.1) is 8.07 Å². The van der Waals surface area contributed by atoms with Crippen molar-refractivity contribution >= 4 is 13.8 Å². The summed E-state index contributed by atoms with van der Waals surface area (Å²) in [6, 6.07) is 8.59. The van der Waals surface area contributed by atoms with E-state index in [1.807, 2.05) is 0 Å². The van der Waals surface area contributed by atoms with E-state index in [2.05, 4.69) is 56.1 Å². The molecule has 0 spiro atoms. The predicted octanol–water partition coefficient (Wildman–Crippen LogP) is 3.54. The molecule has 0 aromatic heterocycles. The Labute approximate surface area is 88.6 Å². The number of aryl methyl sites for hydroxylation is 1. The zero-order chi connectivity index (χ0) is 10.6. The van der Waals surface area contributed by atoms with Gasteiger partial charge in [0.15, 0.2) is 0 Å². The van der Waals surface area contributed by atoms with E-state index in [9.17, 15) is 0 Å². The third-order valence-electron chi connectivity index (χ3n) is 2.21. The molecule has 0 atom stereocenters. The van der Waals surface area contributed by atoms with Crippen LogP contribution in [0, 0.1) is 0 Å². The summed E-state index contributed by atoms with van der Waals surface area (Å²) in [5, 5.41) is 3.57. The Morgan fingerprint density at radius 2 is 1.79 bits per heavy atom. The lowest BCUT2D eigenvalue weighted by Gasteiger charge is -2.19. The van der Waals surface area contributed by atoms with Crippen molar-refractivity contribution in [2.75, 3.05) is 11.5 Å². The fourth-order valence-corrected chi connectivity index (χ4v) is 2.08. The molecule has 0 saturated carbocycles. The van der Waals surface area contributed by atoms with Gasteiger partial charge in [0.25, 0.3) is 0 Å². The van der Waals surface area contributed by atoms with E-state index in [0.717, 1.165) is 12.6 Å². The smallest absolute Gasteiger partial charge is 0.0662 e. The summed E-state index contributed by atoms with van der Waals surface area (Å²) in [6.07, 6.45) is 2.26. The lowest BCUT2D eigenvalue weighted by Crippen LogP contribution is -2.31. The molecule has 1 N–H and O–H groups in total. The predicted molar refractivity (Wildman–Crippen MR) is 67.7 cm³/mol. The Morgan fingerprint density at radius 3 is 2.36 bits per heavy atom. The zero-order valence-corrected chi connectivity index (χ0v) is 10.7. The van der Waals surface area contributed by atoms with E-state index < -0.39 is 8.07 Å². The number of para-hydroxylation sites is 1. The topological polar surface area (TPSA) is 12.0 Å². The molecule has 0 aliphatic heterocycles. The molecule has 0 bridgehead atoms. The van der Waals surface area contributed by atoms with Crippen molar-refractivity contribution in [2.24, 2.45) is 0 Å². The van der Waals surface area contributed by atoms with Crippen molar-refractivity contribution in [3.63, 3.8) is 0 Å². The lowest BCUT2D eigenvalue weighted by molar-refractivity contribution is 1.13. The zero-order valence-electron chi connectivity index (χ0n) is 9.72. The van der Waals surface area contributed by atoms with E-state index >= 15 is 0 Å². The van der Waals surface area contributed by atoms with Crippen molar-refractivity contribution in [3.05, 3.63) is 29.8 Å². The van der Waals surface area contributed by atoms with Crippen molar-refractivity contribution in [2.45, 2.75) is 33.0 Å². The molecule has 0 aliphatic carbocycles. The summed E-state index contributed by atoms with van der Waals surface area (Å²) in [5.74, 6) is 0. The van der Waals surface area contributed by atoms with E-state index in [-0.39, 0.29) is 0 Å². The van der Waals surface area contributed by atoms with Gasteiger partial charge in [0.2, 0.25) is 0 Å². The quantitative estimate of drug-likeness (QED) is 0.745. The molecule has 1 rings (SSSR count). The first-order valence-corrected chi connectivity index (χ1v) is 9.05. The molecule has 2 heteroatoms. The van der Waals surface area contributed by atoms with Gasteiger partial charge in [0.1, 0.15) is 0 Å². The van der Waals surface area contributed by atoms with Crippen LogP contribution >= 0.6 is 0 Å². The largest absolute Gasteiger partial charge is 0.388 e. The average molecular weight is 207 g/mol. The molecule has 1 nitrogen and oxygen atoms in total. The van der Waals surface area contributed by atoms with Crippen LogP contribution in [0.1, 0.15) is 12.5 Å². The van der Waals surface area contributed by atoms with Crippen LogP contribution in [0.5, 0.6) is 0 Å². The second-order valence-electron chi connectivity index (χ2n) is 4.92. The van der Waals surface area contributed by atoms with Gasteiger partial charge < -0.3 is 5.32 Å². The molecule has 1 aromatic carbocycles. The highest BCUT2D eigenvalue weighted by molar-refractivity contribution is 6.76. The van der Waals surface area contributed by atoms with Crippen LogP contribution in [-0.2, 0) is 6.42 Å². The Balaban J connectivity index is 2.67. The number of anilines is 1. The first-order chi connectivity index (χ1) is 6.53. The van der Waals surface area contributed by atoms with Crippen LogP contribution in [0.4, 0.5) is 5.69 Å². The van der Waals surface area contributed by atoms with Gasteiger partial charge in [-0.1, -0.05) is 44.8 Å². The Bertz CT molecular complexity index is 289. The third kappa shape index (κ3) is 3.54. The van der Waals surface area contributed by atoms with Crippen LogP contribution in [-0.4, -0.2) is 14.2 Å². The maximum atomic E-state index is 3.57. The van der Waals surface area contributed by atoms with Gasteiger partial charge in [-0.15, -0.1) is 0 Å². The highest BCUT2D eigenvalue weighted by atomic mass is 28.3. The summed E-state index contributed by atoms with van der Waals surface area (Å²) in [7, 11) is -0.987. The minimum absolute atomic E-state index is 0.987. The van der Waals surface area contributed by atoms with E-state index in [1.165, 1.54) is 11.3 Å². The molecule has 14 heavy (non-hydrogen) atoms. The molecule has 0 fully saturated rings. The van der Waals surface area contributed by atoms with Crippen LogP contribution < -0.4 is 5.32 Å². The number of hydrogen-bond donors (Lipinski definition) is 1. The molecule has 0 aliphatic rings. The number of hydrogen-bond acceptors (Lipinski definition) is 1. The molecule has 0 heterocycles. The maximum absolute atomic E-state index is 3.57. The van der Waals surface area contributed by atoms with Crippen LogP contribution in [0.15, 0.2) is 24.3 Å². The Kier molecular flexibility index (Phi) is 3.75. The first-order valence-electron chi connectivity index (χ1n) is 5.35. The molecule has 1 aromatic rings. The van der Waals surface area contributed by atoms with Gasteiger partial charge in [-0.05, 0) is 18.1 Å². The summed E-state index contributed by atoms with van der Waals surface area (Å²) in [4.78, 5) is 0. The number of nitrogens with one attached hydrogen (secondary N) is 1. The fraction of sp³-hybridized carbons (Fsp3) is 0.500. The first kappa shape index (κ1) is 11.3. The van der Waals surface area contributed by atoms with Crippen LogP contribution in [0.2, 0.25) is 19.6 Å². The lowest BCUT2D eigenvalue weighted by atomic mass is 10.1. The van der Waals surface area contributed by atoms with Gasteiger partial charge in [-0.3, -0.25) is 0 Å². The second kappa shape index (κ2) is 4.65. The number of rotatable bonds is 4. The van der Waals surface area contributed by atoms with Crippen molar-refractivity contribution in [1.29, 1.82) is 0 Å². The van der Waals surface area contributed by atoms with Gasteiger partial charge in [0, 0.05) is 11.9 Å². The molecule has 0 radical (unpaired) electrons. The summed E-state index contributed by atoms with van der Waals surface area (Å²) >= 11 is 0. The molecular weight excluding hydrogens is 186 g/mol. The van der Waals surface area contributed by atoms with E-state index in [4.69, 9.17) is 0 Å². The third-order valence-corrected chi connectivity index (χ3v) is 3.44. The average Bonchev–Trinajstić information content (AvgIpc) is 2.14. The molecule has 0 saturated heterocycles. The van der Waals surface area contributed by atoms with Gasteiger partial charge in [-0.2, -0.15) is 0 Å². The monoisotopic (exact) mass is 207 g/mol. The van der Waals surface area contributed by atoms with Gasteiger partial charge >= 0.3 is 0 Å². The van der Waals surface area contributed by atoms with Gasteiger partial charge in [-0.25, -0.2) is 0 Å². The summed E-state index contributed by atoms with van der Waals surface area (Å²) in [6.45, 7) is 9.35. The normalized spacial score (nSPS) is 11.4. The SMILES string of the molecule is CCc1ccccc1NC[Si](C)(C)C. The molecule has 0 unspecified atom stereocenters. The molecular formula is C12H21NSi. The highest BCUT2D eigenvalue weighted by Crippen LogP contribution is 2.16. The van der Waals surface area contributed by atoms with E-state index in [1.54, 1.807) is 0 Å². The van der Waals surface area contributed by atoms with Crippen LogP contribution in [0.25, 0.3) is 0 Å². The Hall–Kier alpha value is -0.763. The van der Waals surface area contributed by atoms with Crippen molar-refractivity contribution in [1.82, 2.24) is 0 Å². The summed E-state index contributed by atoms with van der Waals surface area (Å²) in [5.41, 5.74) is 2.74. The minimum atomic E-state index is -0.987. The highest BCUT2D eigenvalue weighted by Gasteiger charge is 2.12. The van der Waals surface area contributed by atoms with Crippen LogP contribution in [0.3, 0.4) is 0 Å². The second-order valence-corrected chi connectivity index (χ2v) is 10.4. The maximum Gasteiger partial charge on any atom is 0.0662 e. The summed E-state index contributed by atoms with van der Waals surface area (Å²) < 4.78 is 0. The standard InChI is InChI=1S/C12H21NSi/c1-5-11-8-6-7-9-12(11)13-10-14(2,3)4/h6-9,13H,5,10H2,1-4H3. The minimum Gasteiger partial charge on any atom is -0.388 e. The number of benzene rings is 1.